The van der Waals surface area contributed by atoms with Crippen molar-refractivity contribution < 1.29 is 19.8 Å². The number of rotatable bonds is 7. The van der Waals surface area contributed by atoms with Crippen molar-refractivity contribution >= 4 is 11.8 Å². The van der Waals surface area contributed by atoms with Gasteiger partial charge in [-0.1, -0.05) is 26.2 Å². The highest BCUT2D eigenvalue weighted by Gasteiger charge is 2.18. The predicted molar refractivity (Wildman–Crippen MR) is 72.9 cm³/mol. The fourth-order valence-electron chi connectivity index (χ4n) is 2.00. The Bertz CT molecular complexity index is 477. The SMILES string of the molecule is CCCCCCC(=O)c1cc(C)cc(C(=O)O)c1O. The molecule has 0 aliphatic heterocycles. The van der Waals surface area contributed by atoms with Crippen molar-refractivity contribution in [2.24, 2.45) is 0 Å². The molecule has 4 heteroatoms. The van der Waals surface area contributed by atoms with Crippen molar-refractivity contribution in [1.29, 1.82) is 0 Å². The second-order valence-electron chi connectivity index (χ2n) is 4.75. The Labute approximate surface area is 113 Å². The van der Waals surface area contributed by atoms with Gasteiger partial charge in [-0.2, -0.15) is 0 Å². The number of ketones is 1. The number of aromatic hydroxyl groups is 1. The molecule has 0 unspecified atom stereocenters. The summed E-state index contributed by atoms with van der Waals surface area (Å²) in [5.74, 6) is -1.83. The van der Waals surface area contributed by atoms with E-state index in [1.165, 1.54) is 6.07 Å². The van der Waals surface area contributed by atoms with E-state index in [2.05, 4.69) is 6.92 Å². The van der Waals surface area contributed by atoms with Crippen LogP contribution in [0.5, 0.6) is 5.75 Å². The molecule has 0 amide bonds. The van der Waals surface area contributed by atoms with Gasteiger partial charge >= 0.3 is 5.97 Å². The summed E-state index contributed by atoms with van der Waals surface area (Å²) in [6, 6.07) is 2.91. The van der Waals surface area contributed by atoms with Crippen LogP contribution in [0, 0.1) is 6.92 Å². The number of Topliss-reactive ketones (excluding diaryl/α,β-unsaturated/α-hetero) is 1. The molecule has 0 aliphatic carbocycles. The minimum Gasteiger partial charge on any atom is -0.506 e. The van der Waals surface area contributed by atoms with Gasteiger partial charge in [-0.15, -0.1) is 0 Å². The van der Waals surface area contributed by atoms with Gasteiger partial charge in [0.1, 0.15) is 11.3 Å². The number of carbonyl (C=O) groups is 2. The van der Waals surface area contributed by atoms with Crippen molar-refractivity contribution in [1.82, 2.24) is 0 Å². The van der Waals surface area contributed by atoms with Gasteiger partial charge in [0.2, 0.25) is 0 Å². The summed E-state index contributed by atoms with van der Waals surface area (Å²) in [4.78, 5) is 23.0. The van der Waals surface area contributed by atoms with Gasteiger partial charge in [-0.05, 0) is 31.0 Å². The Morgan fingerprint density at radius 3 is 2.32 bits per heavy atom. The van der Waals surface area contributed by atoms with Crippen LogP contribution in [0.15, 0.2) is 12.1 Å². The number of carboxylic acid groups (broad SMARTS) is 1. The Balaban J connectivity index is 2.88. The van der Waals surface area contributed by atoms with Gasteiger partial charge in [0, 0.05) is 6.42 Å². The lowest BCUT2D eigenvalue weighted by Gasteiger charge is -2.08. The molecular weight excluding hydrogens is 244 g/mol. The molecule has 0 atom stereocenters. The van der Waals surface area contributed by atoms with Gasteiger partial charge in [0.15, 0.2) is 5.78 Å². The Morgan fingerprint density at radius 1 is 1.11 bits per heavy atom. The standard InChI is InChI=1S/C15H20O4/c1-3-4-5-6-7-13(16)11-8-10(2)9-12(14(11)17)15(18)19/h8-9,17H,3-7H2,1-2H3,(H,18,19). The number of aryl methyl sites for hydroxylation is 1. The van der Waals surface area contributed by atoms with E-state index >= 15 is 0 Å². The molecule has 0 aliphatic rings. The second-order valence-corrected chi connectivity index (χ2v) is 4.75. The molecule has 0 spiro atoms. The zero-order valence-electron chi connectivity index (χ0n) is 11.4. The van der Waals surface area contributed by atoms with E-state index in [0.717, 1.165) is 25.7 Å². The van der Waals surface area contributed by atoms with Crippen molar-refractivity contribution in [3.63, 3.8) is 0 Å². The van der Waals surface area contributed by atoms with Crippen LogP contribution in [0.2, 0.25) is 0 Å². The van der Waals surface area contributed by atoms with Crippen LogP contribution in [0.4, 0.5) is 0 Å². The Morgan fingerprint density at radius 2 is 1.74 bits per heavy atom. The first-order valence-corrected chi connectivity index (χ1v) is 6.57. The van der Waals surface area contributed by atoms with E-state index in [9.17, 15) is 14.7 Å². The van der Waals surface area contributed by atoms with Crippen LogP contribution in [0.25, 0.3) is 0 Å². The van der Waals surface area contributed by atoms with E-state index in [0.29, 0.717) is 12.0 Å². The van der Waals surface area contributed by atoms with E-state index in [4.69, 9.17) is 5.11 Å². The number of unbranched alkanes of at least 4 members (excludes halogenated alkanes) is 3. The summed E-state index contributed by atoms with van der Waals surface area (Å²) in [5, 5.41) is 18.8. The minimum absolute atomic E-state index is 0.119. The molecule has 0 saturated carbocycles. The average Bonchev–Trinajstić information content (AvgIpc) is 2.36. The smallest absolute Gasteiger partial charge is 0.339 e. The molecule has 0 radical (unpaired) electrons. The first-order valence-electron chi connectivity index (χ1n) is 6.57. The van der Waals surface area contributed by atoms with Crippen LogP contribution >= 0.6 is 0 Å². The zero-order valence-corrected chi connectivity index (χ0v) is 11.4. The number of benzene rings is 1. The monoisotopic (exact) mass is 264 g/mol. The van der Waals surface area contributed by atoms with Crippen molar-refractivity contribution in [2.75, 3.05) is 0 Å². The summed E-state index contributed by atoms with van der Waals surface area (Å²) in [6.07, 6.45) is 4.25. The summed E-state index contributed by atoms with van der Waals surface area (Å²) in [5.41, 5.74) is 0.568. The van der Waals surface area contributed by atoms with Crippen molar-refractivity contribution in [3.05, 3.63) is 28.8 Å². The molecular formula is C15H20O4. The summed E-state index contributed by atoms with van der Waals surface area (Å²) in [7, 11) is 0. The number of aromatic carboxylic acids is 1. The third-order valence-corrected chi connectivity index (χ3v) is 3.04. The lowest BCUT2D eigenvalue weighted by atomic mass is 9.98. The van der Waals surface area contributed by atoms with Crippen LogP contribution in [0.1, 0.15) is 65.3 Å². The molecule has 4 nitrogen and oxygen atoms in total. The third-order valence-electron chi connectivity index (χ3n) is 3.04. The van der Waals surface area contributed by atoms with Gasteiger partial charge < -0.3 is 10.2 Å². The fourth-order valence-corrected chi connectivity index (χ4v) is 2.00. The average molecular weight is 264 g/mol. The number of phenols is 1. The maximum Gasteiger partial charge on any atom is 0.339 e. The largest absolute Gasteiger partial charge is 0.506 e. The number of carboxylic acids is 1. The van der Waals surface area contributed by atoms with E-state index in [1.54, 1.807) is 13.0 Å². The normalized spacial score (nSPS) is 10.4. The van der Waals surface area contributed by atoms with E-state index in [-0.39, 0.29) is 16.9 Å². The Hall–Kier alpha value is -1.84. The van der Waals surface area contributed by atoms with Gasteiger partial charge in [-0.25, -0.2) is 4.79 Å². The predicted octanol–water partition coefficient (Wildman–Crippen LogP) is 3.55. The molecule has 2 N–H and O–H groups in total. The first-order chi connectivity index (χ1) is 8.97. The topological polar surface area (TPSA) is 74.6 Å². The van der Waals surface area contributed by atoms with Crippen LogP contribution in [0.3, 0.4) is 0 Å². The Kier molecular flexibility index (Phi) is 5.55. The highest BCUT2D eigenvalue weighted by molar-refractivity contribution is 6.03. The highest BCUT2D eigenvalue weighted by atomic mass is 16.4. The first kappa shape index (κ1) is 15.2. The molecule has 1 rings (SSSR count). The molecule has 104 valence electrons. The van der Waals surface area contributed by atoms with Crippen molar-refractivity contribution in [3.8, 4) is 5.75 Å². The number of hydrogen-bond acceptors (Lipinski definition) is 3. The fraction of sp³-hybridized carbons (Fsp3) is 0.467. The number of hydrogen-bond donors (Lipinski definition) is 2. The molecule has 0 saturated heterocycles. The minimum atomic E-state index is -1.22. The van der Waals surface area contributed by atoms with Crippen LogP contribution in [-0.2, 0) is 0 Å². The quantitative estimate of drug-likeness (QED) is 0.583. The summed E-state index contributed by atoms with van der Waals surface area (Å²) in [6.45, 7) is 3.80. The van der Waals surface area contributed by atoms with E-state index in [1.807, 2.05) is 0 Å². The zero-order chi connectivity index (χ0) is 14.4. The lowest BCUT2D eigenvalue weighted by molar-refractivity contribution is 0.0693. The molecule has 0 fully saturated rings. The van der Waals surface area contributed by atoms with E-state index < -0.39 is 11.7 Å². The lowest BCUT2D eigenvalue weighted by Crippen LogP contribution is -2.05. The molecule has 1 aromatic carbocycles. The third kappa shape index (κ3) is 4.09. The second kappa shape index (κ2) is 6.92. The van der Waals surface area contributed by atoms with Gasteiger partial charge in [0.25, 0.3) is 0 Å². The molecule has 0 heterocycles. The molecule has 19 heavy (non-hydrogen) atoms. The summed E-state index contributed by atoms with van der Waals surface area (Å²) < 4.78 is 0. The van der Waals surface area contributed by atoms with Gasteiger partial charge in [-0.3, -0.25) is 4.79 Å². The molecule has 1 aromatic rings. The number of carbonyl (C=O) groups excluding carboxylic acids is 1. The highest BCUT2D eigenvalue weighted by Crippen LogP contribution is 2.26. The molecule has 0 bridgehead atoms. The maximum absolute atomic E-state index is 12.0. The van der Waals surface area contributed by atoms with Gasteiger partial charge in [0.05, 0.1) is 5.56 Å². The summed E-state index contributed by atoms with van der Waals surface area (Å²) >= 11 is 0. The van der Waals surface area contributed by atoms with Crippen molar-refractivity contribution in [2.45, 2.75) is 46.0 Å². The van der Waals surface area contributed by atoms with Crippen LogP contribution < -0.4 is 0 Å². The molecule has 0 aromatic heterocycles. The van der Waals surface area contributed by atoms with Crippen LogP contribution in [-0.4, -0.2) is 22.0 Å². The maximum atomic E-state index is 12.0.